The highest BCUT2D eigenvalue weighted by Gasteiger charge is 2.32. The van der Waals surface area contributed by atoms with Crippen molar-refractivity contribution in [2.75, 3.05) is 32.8 Å². The molecule has 0 aliphatic carbocycles. The van der Waals surface area contributed by atoms with Gasteiger partial charge < -0.3 is 19.5 Å². The van der Waals surface area contributed by atoms with Crippen molar-refractivity contribution in [3.63, 3.8) is 0 Å². The number of rotatable bonds is 37. The second kappa shape index (κ2) is 32.6. The maximum absolute atomic E-state index is 13.5. The largest absolute Gasteiger partial charge is 0.465 e. The van der Waals surface area contributed by atoms with Gasteiger partial charge in [0, 0.05) is 0 Å². The molecule has 6 unspecified atom stereocenters. The molecule has 1 N–H and O–H groups in total. The summed E-state index contributed by atoms with van der Waals surface area (Å²) in [6.45, 7) is 45.6. The number of hydrogen-bond donors (Lipinski definition) is 1. The monoisotopic (exact) mass is 920 g/mol. The first-order valence-corrected chi connectivity index (χ1v) is 27.8. The Morgan fingerprint density at radius 1 is 0.446 bits per heavy atom. The van der Waals surface area contributed by atoms with E-state index >= 15 is 0 Å². The summed E-state index contributed by atoms with van der Waals surface area (Å²) in [5.74, 6) is 1.69. The molecule has 65 heavy (non-hydrogen) atoms. The van der Waals surface area contributed by atoms with Gasteiger partial charge in [0.2, 0.25) is 0 Å². The lowest BCUT2D eigenvalue weighted by Crippen LogP contribution is -2.30. The van der Waals surface area contributed by atoms with E-state index < -0.39 is 5.60 Å². The fraction of sp³-hybridized carbons (Fsp3) is 0.966. The highest BCUT2D eigenvalue weighted by Crippen LogP contribution is 2.36. The Balaban J connectivity index is 5.23. The van der Waals surface area contributed by atoms with Gasteiger partial charge in [-0.1, -0.05) is 163 Å². The van der Waals surface area contributed by atoms with Crippen LogP contribution in [-0.4, -0.2) is 60.4 Å². The highest BCUT2D eigenvalue weighted by molar-refractivity contribution is 5.73. The van der Waals surface area contributed by atoms with E-state index in [0.29, 0.717) is 47.7 Å². The molecule has 0 fully saturated rings. The summed E-state index contributed by atoms with van der Waals surface area (Å²) in [6.07, 6.45) is 23.3. The van der Waals surface area contributed by atoms with Gasteiger partial charge in [-0.25, -0.2) is 0 Å². The van der Waals surface area contributed by atoms with Crippen molar-refractivity contribution in [1.29, 1.82) is 0 Å². The van der Waals surface area contributed by atoms with Gasteiger partial charge in [-0.15, -0.1) is 0 Å². The van der Waals surface area contributed by atoms with Gasteiger partial charge in [-0.3, -0.25) is 9.59 Å². The number of carbonyl (C=O) groups excluding carboxylic acids is 2. The summed E-state index contributed by atoms with van der Waals surface area (Å²) >= 11 is 0. The van der Waals surface area contributed by atoms with E-state index in [1.807, 2.05) is 0 Å². The molecular formula is C59H117NO5. The maximum Gasteiger partial charge on any atom is 0.309 e. The Labute approximate surface area is 407 Å². The predicted octanol–water partition coefficient (Wildman–Crippen LogP) is 17.1. The van der Waals surface area contributed by atoms with Crippen LogP contribution in [0, 0.1) is 57.2 Å². The van der Waals surface area contributed by atoms with Crippen LogP contribution in [0.1, 0.15) is 272 Å². The molecule has 0 heterocycles. The minimum absolute atomic E-state index is 0.000283. The van der Waals surface area contributed by atoms with E-state index in [1.165, 1.54) is 25.7 Å². The Bertz CT molecular complexity index is 1120. The molecule has 0 aliphatic heterocycles. The van der Waals surface area contributed by atoms with E-state index in [4.69, 9.17) is 9.47 Å². The van der Waals surface area contributed by atoms with E-state index in [0.717, 1.165) is 142 Å². The normalized spacial score (nSPS) is 16.7. The summed E-state index contributed by atoms with van der Waals surface area (Å²) in [5, 5.41) is 12.1. The van der Waals surface area contributed by atoms with E-state index in [-0.39, 0.29) is 34.6 Å². The Morgan fingerprint density at radius 3 is 1.09 bits per heavy atom. The van der Waals surface area contributed by atoms with Crippen LogP contribution in [-0.2, 0) is 19.1 Å². The lowest BCUT2D eigenvalue weighted by molar-refractivity contribution is -0.152. The van der Waals surface area contributed by atoms with Crippen LogP contribution in [0.15, 0.2) is 0 Å². The van der Waals surface area contributed by atoms with Gasteiger partial charge in [-0.2, -0.15) is 0 Å². The number of ether oxygens (including phenoxy) is 2. The minimum atomic E-state index is -0.639. The first-order chi connectivity index (χ1) is 30.0. The lowest BCUT2D eigenvalue weighted by atomic mass is 9.76. The van der Waals surface area contributed by atoms with Crippen molar-refractivity contribution in [2.45, 2.75) is 278 Å². The average Bonchev–Trinajstić information content (AvgIpc) is 3.13. The van der Waals surface area contributed by atoms with Crippen LogP contribution >= 0.6 is 0 Å². The Kier molecular flexibility index (Phi) is 32.1. The summed E-state index contributed by atoms with van der Waals surface area (Å²) in [7, 11) is 0. The van der Waals surface area contributed by atoms with Crippen LogP contribution in [0.5, 0.6) is 0 Å². The number of esters is 2. The fourth-order valence-electron chi connectivity index (χ4n) is 11.2. The number of unbranched alkanes of at least 4 members (excludes halogenated alkanes) is 7. The van der Waals surface area contributed by atoms with Gasteiger partial charge in [0.25, 0.3) is 0 Å². The molecule has 0 aromatic carbocycles. The number of aliphatic hydroxyl groups is 1. The molecule has 0 aromatic heterocycles. The number of hydrogen-bond acceptors (Lipinski definition) is 6. The first kappa shape index (κ1) is 63.9. The molecule has 6 heteroatoms. The van der Waals surface area contributed by atoms with Crippen molar-refractivity contribution in [3.8, 4) is 0 Å². The van der Waals surface area contributed by atoms with E-state index in [1.54, 1.807) is 0 Å². The maximum atomic E-state index is 13.5. The zero-order chi connectivity index (χ0) is 49.9. The molecule has 6 nitrogen and oxygen atoms in total. The fourth-order valence-corrected chi connectivity index (χ4v) is 11.2. The zero-order valence-electron chi connectivity index (χ0n) is 47.3. The topological polar surface area (TPSA) is 76.1 Å². The van der Waals surface area contributed by atoms with Crippen molar-refractivity contribution in [2.24, 2.45) is 57.2 Å². The minimum Gasteiger partial charge on any atom is -0.465 e. The van der Waals surface area contributed by atoms with Gasteiger partial charge in [0.05, 0.1) is 30.7 Å². The van der Waals surface area contributed by atoms with Crippen LogP contribution in [0.4, 0.5) is 0 Å². The third kappa shape index (κ3) is 35.6. The predicted molar refractivity (Wildman–Crippen MR) is 282 cm³/mol. The summed E-state index contributed by atoms with van der Waals surface area (Å²) in [4.78, 5) is 29.7. The molecule has 0 saturated heterocycles. The standard InChI is InChI=1S/C59H117NO5/c1-19-38-60(39-20-2)40-28-27-37-59(63,35-25-21-23-29-41-64-53(61)51(49(5)45-57(13,14)15)33-31-47(3)43-55(7,8)9)36-26-22-24-30-42-65-54(62)52(50(6)46-58(16,17)18)34-32-48(4)44-56(10,11)12/h47-52,63H,19-46H2,1-18H3. The molecule has 0 aromatic rings. The van der Waals surface area contributed by atoms with E-state index in [9.17, 15) is 14.7 Å². The van der Waals surface area contributed by atoms with Crippen molar-refractivity contribution in [3.05, 3.63) is 0 Å². The average molecular weight is 921 g/mol. The van der Waals surface area contributed by atoms with E-state index in [2.05, 4.69) is 130 Å². The van der Waals surface area contributed by atoms with Crippen molar-refractivity contribution >= 4 is 11.9 Å². The lowest BCUT2D eigenvalue weighted by Gasteiger charge is -2.30. The van der Waals surface area contributed by atoms with Crippen molar-refractivity contribution < 1.29 is 24.2 Å². The molecule has 0 saturated carbocycles. The van der Waals surface area contributed by atoms with Gasteiger partial charge >= 0.3 is 11.9 Å². The number of nitrogens with zero attached hydrogens (tertiary/aromatic N) is 1. The zero-order valence-corrected chi connectivity index (χ0v) is 47.3. The highest BCUT2D eigenvalue weighted by atomic mass is 16.5. The third-order valence-corrected chi connectivity index (χ3v) is 13.7. The Morgan fingerprint density at radius 2 is 0.769 bits per heavy atom. The third-order valence-electron chi connectivity index (χ3n) is 13.7. The summed E-state index contributed by atoms with van der Waals surface area (Å²) in [5.41, 5.74) is 0.312. The molecule has 0 amide bonds. The van der Waals surface area contributed by atoms with Gasteiger partial charge in [-0.05, 0) is 174 Å². The van der Waals surface area contributed by atoms with Crippen LogP contribution < -0.4 is 0 Å². The van der Waals surface area contributed by atoms with Gasteiger partial charge in [0.1, 0.15) is 0 Å². The van der Waals surface area contributed by atoms with Gasteiger partial charge in [0.15, 0.2) is 0 Å². The second-order valence-corrected chi connectivity index (χ2v) is 26.8. The molecule has 0 rings (SSSR count). The SMILES string of the molecule is CCCN(CCC)CCCCC(O)(CCCCCCOC(=O)C(CCC(C)CC(C)(C)C)C(C)CC(C)(C)C)CCCCCCOC(=O)C(CCC(C)CC(C)(C)C)C(C)CC(C)(C)C. The Hall–Kier alpha value is -1.14. The summed E-state index contributed by atoms with van der Waals surface area (Å²) in [6, 6.07) is 0. The summed E-state index contributed by atoms with van der Waals surface area (Å²) < 4.78 is 12.0. The van der Waals surface area contributed by atoms with Crippen LogP contribution in [0.3, 0.4) is 0 Å². The van der Waals surface area contributed by atoms with Crippen molar-refractivity contribution in [1.82, 2.24) is 4.90 Å². The number of carbonyl (C=O) groups is 2. The molecule has 0 spiro atoms. The second-order valence-electron chi connectivity index (χ2n) is 26.8. The molecular weight excluding hydrogens is 803 g/mol. The molecule has 0 aliphatic rings. The van der Waals surface area contributed by atoms with Crippen LogP contribution in [0.25, 0.3) is 0 Å². The van der Waals surface area contributed by atoms with Crippen LogP contribution in [0.2, 0.25) is 0 Å². The molecule has 6 atom stereocenters. The molecule has 388 valence electrons. The first-order valence-electron chi connectivity index (χ1n) is 27.8. The molecule has 0 radical (unpaired) electrons. The molecule has 0 bridgehead atoms. The smallest absolute Gasteiger partial charge is 0.309 e. The quantitative estimate of drug-likeness (QED) is 0.0494.